The van der Waals surface area contributed by atoms with Crippen LogP contribution in [0, 0.1) is 11.8 Å². The quantitative estimate of drug-likeness (QED) is 0.840. The van der Waals surface area contributed by atoms with Gasteiger partial charge in [0.2, 0.25) is 5.91 Å². The van der Waals surface area contributed by atoms with E-state index in [0.717, 1.165) is 25.7 Å². The molecule has 2 aliphatic carbocycles. The van der Waals surface area contributed by atoms with Crippen LogP contribution in [0.15, 0.2) is 0 Å². The van der Waals surface area contributed by atoms with Gasteiger partial charge in [-0.15, -0.1) is 0 Å². The number of hydrogen-bond acceptors (Lipinski definition) is 2. The molecule has 0 radical (unpaired) electrons. The van der Waals surface area contributed by atoms with Crippen molar-refractivity contribution in [1.29, 1.82) is 0 Å². The van der Waals surface area contributed by atoms with Crippen LogP contribution >= 0.6 is 0 Å². The predicted molar refractivity (Wildman–Crippen MR) is 69.9 cm³/mol. The van der Waals surface area contributed by atoms with Crippen molar-refractivity contribution in [3.63, 3.8) is 0 Å². The third-order valence-corrected chi connectivity index (χ3v) is 4.69. The molecule has 4 atom stereocenters. The highest BCUT2D eigenvalue weighted by molar-refractivity contribution is 5.76. The third-order valence-electron chi connectivity index (χ3n) is 4.69. The van der Waals surface area contributed by atoms with Crippen molar-refractivity contribution in [2.75, 3.05) is 0 Å². The first-order valence-corrected chi connectivity index (χ1v) is 7.48. The zero-order valence-electron chi connectivity index (χ0n) is 11.6. The molecule has 3 nitrogen and oxygen atoms in total. The van der Waals surface area contributed by atoms with Crippen LogP contribution in [0.4, 0.5) is 13.2 Å². The van der Waals surface area contributed by atoms with Gasteiger partial charge < -0.3 is 11.1 Å². The second kappa shape index (κ2) is 6.33. The maximum atomic E-state index is 12.8. The van der Waals surface area contributed by atoms with Crippen molar-refractivity contribution < 1.29 is 18.0 Å². The van der Waals surface area contributed by atoms with E-state index in [1.165, 1.54) is 0 Å². The van der Waals surface area contributed by atoms with Crippen molar-refractivity contribution in [1.82, 2.24) is 5.32 Å². The van der Waals surface area contributed by atoms with Crippen LogP contribution in [-0.2, 0) is 4.79 Å². The van der Waals surface area contributed by atoms with Gasteiger partial charge in [0.25, 0.3) is 0 Å². The average Bonchev–Trinajstić information content (AvgIpc) is 2.38. The fourth-order valence-corrected chi connectivity index (χ4v) is 3.57. The van der Waals surface area contributed by atoms with Crippen molar-refractivity contribution in [2.24, 2.45) is 17.6 Å². The summed E-state index contributed by atoms with van der Waals surface area (Å²) in [5.41, 5.74) is 5.33. The van der Waals surface area contributed by atoms with Gasteiger partial charge in [-0.25, -0.2) is 0 Å². The zero-order valence-corrected chi connectivity index (χ0v) is 11.6. The maximum Gasteiger partial charge on any atom is 0.391 e. The molecular formula is C14H23F3N2O. The highest BCUT2D eigenvalue weighted by atomic mass is 19.4. The van der Waals surface area contributed by atoms with Crippen LogP contribution < -0.4 is 11.1 Å². The normalized spacial score (nSPS) is 35.8. The molecule has 4 unspecified atom stereocenters. The first-order chi connectivity index (χ1) is 9.36. The smallest absolute Gasteiger partial charge is 0.369 e. The number of rotatable bonds is 3. The van der Waals surface area contributed by atoms with Gasteiger partial charge in [0.1, 0.15) is 0 Å². The molecule has 0 bridgehead atoms. The van der Waals surface area contributed by atoms with E-state index in [2.05, 4.69) is 5.32 Å². The summed E-state index contributed by atoms with van der Waals surface area (Å²) in [6.45, 7) is 0. The summed E-state index contributed by atoms with van der Waals surface area (Å²) >= 11 is 0. The van der Waals surface area contributed by atoms with Crippen LogP contribution in [0.5, 0.6) is 0 Å². The molecule has 20 heavy (non-hydrogen) atoms. The van der Waals surface area contributed by atoms with E-state index in [1.54, 1.807) is 0 Å². The van der Waals surface area contributed by atoms with Gasteiger partial charge in [0.05, 0.1) is 5.92 Å². The molecule has 0 spiro atoms. The largest absolute Gasteiger partial charge is 0.391 e. The molecular weight excluding hydrogens is 269 g/mol. The Kier molecular flexibility index (Phi) is 4.94. The molecule has 2 saturated carbocycles. The van der Waals surface area contributed by atoms with E-state index in [9.17, 15) is 18.0 Å². The van der Waals surface area contributed by atoms with Crippen molar-refractivity contribution in [3.8, 4) is 0 Å². The minimum absolute atomic E-state index is 0.0769. The number of nitrogens with one attached hydrogen (secondary N) is 1. The van der Waals surface area contributed by atoms with E-state index in [-0.39, 0.29) is 36.8 Å². The highest BCUT2D eigenvalue weighted by Crippen LogP contribution is 2.38. The van der Waals surface area contributed by atoms with E-state index < -0.39 is 12.1 Å². The van der Waals surface area contributed by atoms with Crippen molar-refractivity contribution >= 4 is 5.91 Å². The number of hydrogen-bond donors (Lipinski definition) is 2. The number of alkyl halides is 3. The molecule has 3 N–H and O–H groups in total. The van der Waals surface area contributed by atoms with Crippen LogP contribution in [0.25, 0.3) is 0 Å². The van der Waals surface area contributed by atoms with E-state index in [1.807, 2.05) is 0 Å². The molecule has 116 valence electrons. The first-order valence-electron chi connectivity index (χ1n) is 7.48. The molecule has 0 aliphatic heterocycles. The fraction of sp³-hybridized carbons (Fsp3) is 0.929. The Morgan fingerprint density at radius 1 is 1.00 bits per heavy atom. The molecule has 0 aromatic rings. The second-order valence-electron chi connectivity index (χ2n) is 6.23. The molecule has 0 saturated heterocycles. The number of nitrogens with two attached hydrogens (primary N) is 1. The zero-order chi connectivity index (χ0) is 14.8. The Balaban J connectivity index is 1.85. The molecule has 0 heterocycles. The van der Waals surface area contributed by atoms with Crippen LogP contribution in [0.3, 0.4) is 0 Å². The van der Waals surface area contributed by atoms with Crippen molar-refractivity contribution in [3.05, 3.63) is 0 Å². The lowest BCUT2D eigenvalue weighted by Crippen LogP contribution is -2.46. The number of halogens is 3. The minimum atomic E-state index is -4.08. The molecule has 0 aromatic carbocycles. The summed E-state index contributed by atoms with van der Waals surface area (Å²) in [5, 5.41) is 3.34. The van der Waals surface area contributed by atoms with E-state index in [0.29, 0.717) is 12.8 Å². The van der Waals surface area contributed by atoms with Crippen LogP contribution in [0.2, 0.25) is 0 Å². The lowest BCUT2D eigenvalue weighted by atomic mass is 9.82. The van der Waals surface area contributed by atoms with Crippen LogP contribution in [-0.4, -0.2) is 24.2 Å². The molecule has 2 rings (SSSR count). The maximum absolute atomic E-state index is 12.8. The monoisotopic (exact) mass is 292 g/mol. The average molecular weight is 292 g/mol. The second-order valence-corrected chi connectivity index (χ2v) is 6.23. The summed E-state index contributed by atoms with van der Waals surface area (Å²) < 4.78 is 38.3. The summed E-state index contributed by atoms with van der Waals surface area (Å²) in [6, 6.07) is 0.0604. The van der Waals surface area contributed by atoms with Crippen molar-refractivity contribution in [2.45, 2.75) is 69.6 Å². The number of primary amides is 1. The van der Waals surface area contributed by atoms with E-state index in [4.69, 9.17) is 5.73 Å². The topological polar surface area (TPSA) is 55.1 Å². The van der Waals surface area contributed by atoms with E-state index >= 15 is 0 Å². The summed E-state index contributed by atoms with van der Waals surface area (Å²) in [5.74, 6) is -1.58. The molecule has 2 fully saturated rings. The first kappa shape index (κ1) is 15.6. The summed E-state index contributed by atoms with van der Waals surface area (Å²) in [6.07, 6.45) is 1.07. The summed E-state index contributed by atoms with van der Waals surface area (Å²) in [7, 11) is 0. The van der Waals surface area contributed by atoms with Gasteiger partial charge in [-0.2, -0.15) is 13.2 Å². The van der Waals surface area contributed by atoms with Gasteiger partial charge in [-0.1, -0.05) is 12.8 Å². The Labute approximate surface area is 117 Å². The highest BCUT2D eigenvalue weighted by Gasteiger charge is 2.42. The standard InChI is InChI=1S/C14H23F3N2O/c15-14(16,17)10-4-2-6-12(8-10)19-11-5-1-3-9(7-11)13(18)20/h9-12,19H,1-8H2,(H2,18,20). The summed E-state index contributed by atoms with van der Waals surface area (Å²) in [4.78, 5) is 11.2. The minimum Gasteiger partial charge on any atom is -0.369 e. The molecule has 6 heteroatoms. The SMILES string of the molecule is NC(=O)C1CCCC(NC2CCCC(C(F)(F)F)C2)C1. The van der Waals surface area contributed by atoms with Crippen LogP contribution in [0.1, 0.15) is 51.4 Å². The molecule has 0 aromatic heterocycles. The Morgan fingerprint density at radius 2 is 1.60 bits per heavy atom. The predicted octanol–water partition coefficient (Wildman–Crippen LogP) is 2.74. The van der Waals surface area contributed by atoms with Gasteiger partial charge in [-0.3, -0.25) is 4.79 Å². The lowest BCUT2D eigenvalue weighted by Gasteiger charge is -2.36. The number of carbonyl (C=O) groups is 1. The molecule has 1 amide bonds. The lowest BCUT2D eigenvalue weighted by molar-refractivity contribution is -0.184. The van der Waals surface area contributed by atoms with Gasteiger partial charge >= 0.3 is 6.18 Å². The number of amides is 1. The third kappa shape index (κ3) is 4.11. The molecule has 2 aliphatic rings. The Bertz CT molecular complexity index is 346. The fourth-order valence-electron chi connectivity index (χ4n) is 3.57. The van der Waals surface area contributed by atoms with Gasteiger partial charge in [0.15, 0.2) is 0 Å². The van der Waals surface area contributed by atoms with Gasteiger partial charge in [0, 0.05) is 18.0 Å². The van der Waals surface area contributed by atoms with Gasteiger partial charge in [-0.05, 0) is 38.5 Å². The Hall–Kier alpha value is -0.780. The number of carbonyl (C=O) groups excluding carboxylic acids is 1. The Morgan fingerprint density at radius 3 is 2.20 bits per heavy atom.